The van der Waals surface area contributed by atoms with Gasteiger partial charge in [0.15, 0.2) is 0 Å². The van der Waals surface area contributed by atoms with Crippen LogP contribution in [-0.4, -0.2) is 19.2 Å². The fourth-order valence-corrected chi connectivity index (χ4v) is 0.154. The minimum Gasteiger partial charge on any atom is -0.359 e. The van der Waals surface area contributed by atoms with Gasteiger partial charge in [-0.3, -0.25) is 9.59 Å². The van der Waals surface area contributed by atoms with Crippen LogP contribution in [0.4, 0.5) is 0 Å². The van der Waals surface area contributed by atoms with Gasteiger partial charge in [-0.1, -0.05) is 0 Å². The van der Waals surface area contributed by atoms with E-state index in [2.05, 4.69) is 5.32 Å². The predicted octanol–water partition coefficient (Wildman–Crippen LogP) is -0.768. The van der Waals surface area contributed by atoms with Crippen LogP contribution in [0.15, 0.2) is 0 Å². The normalized spacial score (nSPS) is 7.57. The zero-order valence-corrected chi connectivity index (χ0v) is 4.02. The quantitative estimate of drug-likeness (QED) is 0.463. The van der Waals surface area contributed by atoms with Crippen molar-refractivity contribution in [2.45, 2.75) is 6.42 Å². The van der Waals surface area contributed by atoms with Crippen molar-refractivity contribution in [1.29, 1.82) is 0 Å². The van der Waals surface area contributed by atoms with Crippen molar-refractivity contribution in [2.24, 2.45) is 0 Å². The van der Waals surface area contributed by atoms with Gasteiger partial charge in [-0.05, 0) is 0 Å². The first-order valence-electron chi connectivity index (χ1n) is 1.87. The molecule has 0 fully saturated rings. The molecule has 0 rings (SSSR count). The molecule has 1 radical (unpaired) electrons. The zero-order valence-electron chi connectivity index (χ0n) is 4.02. The summed E-state index contributed by atoms with van der Waals surface area (Å²) in [5.41, 5.74) is 0. The lowest BCUT2D eigenvalue weighted by atomic mass is 10.4. The number of nitrogens with one attached hydrogen (secondary N) is 1. The summed E-state index contributed by atoms with van der Waals surface area (Å²) >= 11 is 0. The summed E-state index contributed by atoms with van der Waals surface area (Å²) in [4.78, 5) is 19.4. The highest BCUT2D eigenvalue weighted by atomic mass is 16.2. The van der Waals surface area contributed by atoms with Crippen molar-refractivity contribution in [3.05, 3.63) is 0 Å². The Bertz CT molecular complexity index is 79.8. The molecule has 0 aromatic heterocycles. The van der Waals surface area contributed by atoms with Crippen molar-refractivity contribution >= 4 is 12.2 Å². The number of carbonyl (C=O) groups excluding carboxylic acids is 2. The molecule has 0 aliphatic carbocycles. The van der Waals surface area contributed by atoms with E-state index >= 15 is 0 Å². The van der Waals surface area contributed by atoms with Crippen LogP contribution >= 0.6 is 0 Å². The fourth-order valence-electron chi connectivity index (χ4n) is 0.154. The molecular formula is C4H6NO2. The van der Waals surface area contributed by atoms with Gasteiger partial charge < -0.3 is 5.32 Å². The van der Waals surface area contributed by atoms with E-state index < -0.39 is 0 Å². The van der Waals surface area contributed by atoms with Crippen molar-refractivity contribution in [3.63, 3.8) is 0 Å². The lowest BCUT2D eigenvalue weighted by molar-refractivity contribution is -0.119. The largest absolute Gasteiger partial charge is 0.359 e. The van der Waals surface area contributed by atoms with E-state index in [9.17, 15) is 9.59 Å². The number of rotatable bonds is 2. The summed E-state index contributed by atoms with van der Waals surface area (Å²) in [6.07, 6.45) is 1.30. The maximum Gasteiger partial charge on any atom is 0.227 e. The van der Waals surface area contributed by atoms with Crippen LogP contribution in [0, 0.1) is 0 Å². The molecule has 0 aliphatic rings. The summed E-state index contributed by atoms with van der Waals surface area (Å²) in [5, 5.41) is 2.26. The van der Waals surface area contributed by atoms with E-state index in [4.69, 9.17) is 0 Å². The lowest BCUT2D eigenvalue weighted by Crippen LogP contribution is -2.17. The van der Waals surface area contributed by atoms with Gasteiger partial charge in [0, 0.05) is 7.05 Å². The second-order valence-electron chi connectivity index (χ2n) is 0.994. The lowest BCUT2D eigenvalue weighted by Gasteiger charge is -1.86. The maximum absolute atomic E-state index is 10.0. The second-order valence-corrected chi connectivity index (χ2v) is 0.994. The van der Waals surface area contributed by atoms with Gasteiger partial charge >= 0.3 is 0 Å². The number of amides is 1. The Morgan fingerprint density at radius 2 is 2.43 bits per heavy atom. The third kappa shape index (κ3) is 2.96. The van der Waals surface area contributed by atoms with Gasteiger partial charge in [-0.2, -0.15) is 0 Å². The van der Waals surface area contributed by atoms with Crippen LogP contribution in [0.25, 0.3) is 0 Å². The Morgan fingerprint density at radius 3 is 2.57 bits per heavy atom. The molecule has 0 aromatic carbocycles. The molecule has 1 amide bonds. The molecule has 3 nitrogen and oxygen atoms in total. The minimum atomic E-state index is -0.296. The SMILES string of the molecule is CNC(=O)C[C]=O. The molecule has 1 N–H and O–H groups in total. The average molecular weight is 100 g/mol. The summed E-state index contributed by atoms with van der Waals surface area (Å²) in [7, 11) is 1.47. The minimum absolute atomic E-state index is 0.156. The first kappa shape index (κ1) is 6.14. The summed E-state index contributed by atoms with van der Waals surface area (Å²) in [6, 6.07) is 0. The highest BCUT2D eigenvalue weighted by Gasteiger charge is 1.91. The predicted molar refractivity (Wildman–Crippen MR) is 24.4 cm³/mol. The van der Waals surface area contributed by atoms with Gasteiger partial charge in [0.2, 0.25) is 12.2 Å². The third-order valence-corrected chi connectivity index (χ3v) is 0.512. The van der Waals surface area contributed by atoms with E-state index in [0.29, 0.717) is 0 Å². The van der Waals surface area contributed by atoms with Gasteiger partial charge in [-0.15, -0.1) is 0 Å². The Labute approximate surface area is 41.7 Å². The highest BCUT2D eigenvalue weighted by Crippen LogP contribution is 1.66. The van der Waals surface area contributed by atoms with Crippen molar-refractivity contribution in [1.82, 2.24) is 5.32 Å². The molecule has 0 aromatic rings. The Balaban J connectivity index is 3.17. The molecule has 3 heteroatoms. The monoisotopic (exact) mass is 100 g/mol. The van der Waals surface area contributed by atoms with Crippen molar-refractivity contribution in [3.8, 4) is 0 Å². The van der Waals surface area contributed by atoms with Crippen LogP contribution < -0.4 is 5.32 Å². The van der Waals surface area contributed by atoms with E-state index in [1.807, 2.05) is 0 Å². The Hall–Kier alpha value is -0.860. The van der Waals surface area contributed by atoms with E-state index in [-0.39, 0.29) is 12.3 Å². The van der Waals surface area contributed by atoms with Gasteiger partial charge in [-0.25, -0.2) is 0 Å². The van der Waals surface area contributed by atoms with Gasteiger partial charge in [0.05, 0.1) is 6.42 Å². The standard InChI is InChI=1S/C4H6NO2/c1-5-4(7)2-3-6/h2H2,1H3,(H,5,7). The topological polar surface area (TPSA) is 46.2 Å². The van der Waals surface area contributed by atoms with E-state index in [0.717, 1.165) is 0 Å². The molecule has 0 unspecified atom stereocenters. The molecule has 0 bridgehead atoms. The van der Waals surface area contributed by atoms with Crippen molar-refractivity contribution in [2.75, 3.05) is 7.05 Å². The molecule has 0 atom stereocenters. The smallest absolute Gasteiger partial charge is 0.227 e. The van der Waals surface area contributed by atoms with E-state index in [1.165, 1.54) is 13.3 Å². The number of carbonyl (C=O) groups is 1. The third-order valence-electron chi connectivity index (χ3n) is 0.512. The molecule has 7 heavy (non-hydrogen) atoms. The fraction of sp³-hybridized carbons (Fsp3) is 0.500. The molecule has 0 heterocycles. The summed E-state index contributed by atoms with van der Waals surface area (Å²) < 4.78 is 0. The van der Waals surface area contributed by atoms with Crippen LogP contribution in [0.5, 0.6) is 0 Å². The summed E-state index contributed by atoms with van der Waals surface area (Å²) in [6.45, 7) is 0. The molecule has 0 aliphatic heterocycles. The van der Waals surface area contributed by atoms with Gasteiger partial charge in [0.25, 0.3) is 0 Å². The average Bonchev–Trinajstić information content (AvgIpc) is 1.68. The number of hydrogen-bond donors (Lipinski definition) is 1. The van der Waals surface area contributed by atoms with Crippen molar-refractivity contribution < 1.29 is 9.59 Å². The Morgan fingerprint density at radius 1 is 1.86 bits per heavy atom. The molecular weight excluding hydrogens is 94.0 g/mol. The summed E-state index contributed by atoms with van der Waals surface area (Å²) in [5.74, 6) is -0.296. The molecule has 0 saturated heterocycles. The molecule has 0 saturated carbocycles. The van der Waals surface area contributed by atoms with Crippen LogP contribution in [0.1, 0.15) is 6.42 Å². The molecule has 39 valence electrons. The van der Waals surface area contributed by atoms with Crippen LogP contribution in [-0.2, 0) is 9.59 Å². The van der Waals surface area contributed by atoms with E-state index in [1.54, 1.807) is 0 Å². The van der Waals surface area contributed by atoms with Crippen LogP contribution in [0.2, 0.25) is 0 Å². The van der Waals surface area contributed by atoms with Crippen LogP contribution in [0.3, 0.4) is 0 Å². The highest BCUT2D eigenvalue weighted by molar-refractivity contribution is 5.87. The first-order chi connectivity index (χ1) is 3.31. The molecule has 0 spiro atoms. The number of hydrogen-bond acceptors (Lipinski definition) is 2. The maximum atomic E-state index is 10.0. The zero-order chi connectivity index (χ0) is 5.70. The second kappa shape index (κ2) is 3.33. The van der Waals surface area contributed by atoms with Gasteiger partial charge in [0.1, 0.15) is 0 Å². The Kier molecular flexibility index (Phi) is 2.92. The first-order valence-corrected chi connectivity index (χ1v) is 1.87.